The van der Waals surface area contributed by atoms with E-state index in [0.717, 1.165) is 16.8 Å². The highest BCUT2D eigenvalue weighted by atomic mass is 15.2. The summed E-state index contributed by atoms with van der Waals surface area (Å²) < 4.78 is 1.78. The molecule has 1 heterocycles. The third kappa shape index (κ3) is 2.18. The maximum atomic E-state index is 4.29. The molecule has 0 amide bonds. The lowest BCUT2D eigenvalue weighted by molar-refractivity contribution is 0.764. The van der Waals surface area contributed by atoms with Gasteiger partial charge in [-0.3, -0.25) is 4.68 Å². The fraction of sp³-hybridized carbons (Fsp3) is 0.182. The lowest BCUT2D eigenvalue weighted by atomic mass is 10.2. The monoisotopic (exact) mass is 174 g/mol. The Morgan fingerprint density at radius 1 is 1.54 bits per heavy atom. The predicted octanol–water partition coefficient (Wildman–Crippen LogP) is 2.65. The van der Waals surface area contributed by atoms with Crippen LogP contribution >= 0.6 is 0 Å². The van der Waals surface area contributed by atoms with Crippen molar-refractivity contribution in [3.63, 3.8) is 0 Å². The van der Waals surface area contributed by atoms with Crippen molar-refractivity contribution < 1.29 is 0 Å². The van der Waals surface area contributed by atoms with Gasteiger partial charge in [0.2, 0.25) is 0 Å². The van der Waals surface area contributed by atoms with Gasteiger partial charge in [-0.15, -0.1) is 0 Å². The van der Waals surface area contributed by atoms with Crippen LogP contribution in [-0.2, 0) is 7.05 Å². The lowest BCUT2D eigenvalue weighted by Crippen LogP contribution is -1.87. The number of hydrogen-bond donors (Lipinski definition) is 0. The molecule has 0 atom stereocenters. The SMILES string of the molecule is C=C/C(C)=C\c1nn(C)cc1C=C. The minimum Gasteiger partial charge on any atom is -0.275 e. The van der Waals surface area contributed by atoms with E-state index < -0.39 is 0 Å². The van der Waals surface area contributed by atoms with Gasteiger partial charge in [0.05, 0.1) is 5.69 Å². The van der Waals surface area contributed by atoms with Crippen molar-refractivity contribution in [2.24, 2.45) is 7.05 Å². The van der Waals surface area contributed by atoms with Gasteiger partial charge in [0, 0.05) is 18.8 Å². The van der Waals surface area contributed by atoms with E-state index in [1.54, 1.807) is 10.8 Å². The van der Waals surface area contributed by atoms with Gasteiger partial charge in [0.15, 0.2) is 0 Å². The van der Waals surface area contributed by atoms with Crippen molar-refractivity contribution in [2.75, 3.05) is 0 Å². The standard InChI is InChI=1S/C11H14N2/c1-5-9(3)7-11-10(6-2)8-13(4)12-11/h5-8H,1-2H2,3-4H3/b9-7-. The molecular formula is C11H14N2. The molecule has 0 bridgehead atoms. The number of hydrogen-bond acceptors (Lipinski definition) is 1. The number of aromatic nitrogens is 2. The Bertz CT molecular complexity index is 356. The van der Waals surface area contributed by atoms with E-state index in [4.69, 9.17) is 0 Å². The van der Waals surface area contributed by atoms with Gasteiger partial charge in [-0.05, 0) is 18.6 Å². The summed E-state index contributed by atoms with van der Waals surface area (Å²) >= 11 is 0. The smallest absolute Gasteiger partial charge is 0.0925 e. The molecule has 0 unspecified atom stereocenters. The average Bonchev–Trinajstić information content (AvgIpc) is 2.46. The first-order chi connectivity index (χ1) is 6.17. The van der Waals surface area contributed by atoms with E-state index in [0.29, 0.717) is 0 Å². The van der Waals surface area contributed by atoms with Crippen molar-refractivity contribution in [3.8, 4) is 0 Å². The molecule has 68 valence electrons. The van der Waals surface area contributed by atoms with E-state index in [1.165, 1.54) is 0 Å². The molecule has 0 saturated heterocycles. The first kappa shape index (κ1) is 9.52. The Morgan fingerprint density at radius 3 is 2.77 bits per heavy atom. The fourth-order valence-electron chi connectivity index (χ4n) is 1.07. The first-order valence-electron chi connectivity index (χ1n) is 4.14. The largest absolute Gasteiger partial charge is 0.275 e. The van der Waals surface area contributed by atoms with Crippen molar-refractivity contribution in [1.29, 1.82) is 0 Å². The topological polar surface area (TPSA) is 17.8 Å². The van der Waals surface area contributed by atoms with Gasteiger partial charge >= 0.3 is 0 Å². The molecule has 0 aromatic carbocycles. The molecule has 0 aliphatic carbocycles. The fourth-order valence-corrected chi connectivity index (χ4v) is 1.07. The molecule has 0 fully saturated rings. The molecule has 1 rings (SSSR count). The van der Waals surface area contributed by atoms with E-state index in [2.05, 4.69) is 18.3 Å². The quantitative estimate of drug-likeness (QED) is 0.644. The van der Waals surface area contributed by atoms with Crippen LogP contribution in [0.5, 0.6) is 0 Å². The van der Waals surface area contributed by atoms with Crippen molar-refractivity contribution in [1.82, 2.24) is 9.78 Å². The molecule has 0 saturated carbocycles. The van der Waals surface area contributed by atoms with Gasteiger partial charge in [0.25, 0.3) is 0 Å². The van der Waals surface area contributed by atoms with Crippen LogP contribution in [0.25, 0.3) is 12.2 Å². The number of aryl methyl sites for hydroxylation is 1. The van der Waals surface area contributed by atoms with E-state index >= 15 is 0 Å². The third-order valence-electron chi connectivity index (χ3n) is 1.79. The zero-order valence-corrected chi connectivity index (χ0v) is 8.12. The van der Waals surface area contributed by atoms with Crippen LogP contribution in [0.2, 0.25) is 0 Å². The Kier molecular flexibility index (Phi) is 2.85. The summed E-state index contributed by atoms with van der Waals surface area (Å²) in [7, 11) is 1.90. The summed E-state index contributed by atoms with van der Waals surface area (Å²) in [5.74, 6) is 0. The van der Waals surface area contributed by atoms with Crippen LogP contribution in [0.15, 0.2) is 31.0 Å². The summed E-state index contributed by atoms with van der Waals surface area (Å²) in [6.45, 7) is 9.41. The maximum absolute atomic E-state index is 4.29. The van der Waals surface area contributed by atoms with Gasteiger partial charge in [-0.2, -0.15) is 5.10 Å². The highest BCUT2D eigenvalue weighted by Gasteiger charge is 2.00. The number of nitrogens with zero attached hydrogens (tertiary/aromatic N) is 2. The van der Waals surface area contributed by atoms with Gasteiger partial charge in [-0.1, -0.05) is 25.3 Å². The van der Waals surface area contributed by atoms with Crippen LogP contribution in [0.4, 0.5) is 0 Å². The zero-order chi connectivity index (χ0) is 9.84. The van der Waals surface area contributed by atoms with Gasteiger partial charge in [-0.25, -0.2) is 0 Å². The Balaban J connectivity index is 3.13. The molecule has 2 nitrogen and oxygen atoms in total. The summed E-state index contributed by atoms with van der Waals surface area (Å²) in [5.41, 5.74) is 3.08. The number of allylic oxidation sites excluding steroid dienone is 2. The maximum Gasteiger partial charge on any atom is 0.0925 e. The lowest BCUT2D eigenvalue weighted by Gasteiger charge is -1.90. The molecule has 13 heavy (non-hydrogen) atoms. The molecule has 1 aromatic heterocycles. The first-order valence-corrected chi connectivity index (χ1v) is 4.14. The van der Waals surface area contributed by atoms with E-state index in [-0.39, 0.29) is 0 Å². The van der Waals surface area contributed by atoms with Crippen LogP contribution in [0.1, 0.15) is 18.2 Å². The minimum atomic E-state index is 0.940. The van der Waals surface area contributed by atoms with Gasteiger partial charge < -0.3 is 0 Å². The molecule has 0 aliphatic rings. The van der Waals surface area contributed by atoms with Crippen molar-refractivity contribution in [3.05, 3.63) is 42.3 Å². The van der Waals surface area contributed by atoms with Crippen LogP contribution in [0, 0.1) is 0 Å². The normalized spacial score (nSPS) is 11.4. The molecule has 0 N–H and O–H groups in total. The summed E-state index contributed by atoms with van der Waals surface area (Å²) in [6.07, 6.45) is 7.54. The van der Waals surface area contributed by atoms with Crippen LogP contribution in [0.3, 0.4) is 0 Å². The Hall–Kier alpha value is -1.57. The molecule has 1 aromatic rings. The summed E-state index contributed by atoms with van der Waals surface area (Å²) in [6, 6.07) is 0. The molecular weight excluding hydrogens is 160 g/mol. The summed E-state index contributed by atoms with van der Waals surface area (Å²) in [4.78, 5) is 0. The van der Waals surface area contributed by atoms with Crippen LogP contribution in [-0.4, -0.2) is 9.78 Å². The highest BCUT2D eigenvalue weighted by Crippen LogP contribution is 2.12. The third-order valence-corrected chi connectivity index (χ3v) is 1.79. The van der Waals surface area contributed by atoms with Crippen molar-refractivity contribution in [2.45, 2.75) is 6.92 Å². The molecule has 0 radical (unpaired) electrons. The van der Waals surface area contributed by atoms with Crippen LogP contribution < -0.4 is 0 Å². The molecule has 0 aliphatic heterocycles. The van der Waals surface area contributed by atoms with Gasteiger partial charge in [0.1, 0.15) is 0 Å². The second kappa shape index (κ2) is 3.90. The number of rotatable bonds is 3. The molecule has 0 spiro atoms. The highest BCUT2D eigenvalue weighted by molar-refractivity contribution is 5.63. The second-order valence-corrected chi connectivity index (χ2v) is 2.94. The second-order valence-electron chi connectivity index (χ2n) is 2.94. The average molecular weight is 174 g/mol. The Labute approximate surface area is 78.9 Å². The zero-order valence-electron chi connectivity index (χ0n) is 8.12. The summed E-state index contributed by atoms with van der Waals surface area (Å²) in [5, 5.41) is 4.29. The Morgan fingerprint density at radius 2 is 2.23 bits per heavy atom. The van der Waals surface area contributed by atoms with Crippen molar-refractivity contribution >= 4 is 12.2 Å². The van der Waals surface area contributed by atoms with E-state index in [9.17, 15) is 0 Å². The predicted molar refractivity (Wildman–Crippen MR) is 57.1 cm³/mol. The van der Waals surface area contributed by atoms with E-state index in [1.807, 2.05) is 32.3 Å². The minimum absolute atomic E-state index is 0.940. The molecule has 2 heteroatoms.